The number of benzene rings is 1. The van der Waals surface area contributed by atoms with Crippen LogP contribution in [0.1, 0.15) is 102 Å². The van der Waals surface area contributed by atoms with Crippen molar-refractivity contribution < 1.29 is 4.79 Å². The fourth-order valence-electron chi connectivity index (χ4n) is 3.54. The van der Waals surface area contributed by atoms with Crippen molar-refractivity contribution in [3.8, 4) is 5.30 Å². The molecule has 0 spiro atoms. The molecule has 0 saturated heterocycles. The Morgan fingerprint density at radius 1 is 0.778 bits per heavy atom. The second-order valence-electron chi connectivity index (χ2n) is 11.0. The van der Waals surface area contributed by atoms with Crippen LogP contribution in [-0.4, -0.2) is 5.78 Å². The average Bonchev–Trinajstić information content (AvgIpc) is 2.85. The second kappa shape index (κ2) is 6.93. The fraction of sp³-hybridized carbons (Fsp3) is 0.560. The summed E-state index contributed by atoms with van der Waals surface area (Å²) in [6.45, 7) is 24.5. The van der Waals surface area contributed by atoms with E-state index < -0.39 is 7.53 Å². The number of Topliss-reactive ketones (excluding diaryl/α,β-unsaturated/α-hetero) is 1. The van der Waals surface area contributed by atoms with Gasteiger partial charge in [-0.3, -0.25) is 4.79 Å². The highest BCUT2D eigenvalue weighted by Gasteiger charge is 2.30. The van der Waals surface area contributed by atoms with E-state index in [1.807, 2.05) is 0 Å². The first-order valence-electron chi connectivity index (χ1n) is 9.93. The van der Waals surface area contributed by atoms with Crippen molar-refractivity contribution in [2.75, 3.05) is 0 Å². The number of ketones is 1. The van der Waals surface area contributed by atoms with Crippen molar-refractivity contribution in [3.63, 3.8) is 0 Å². The smallest absolute Gasteiger partial charge is 0.160 e. The molecular formula is C25H37OP. The van der Waals surface area contributed by atoms with Gasteiger partial charge in [-0.25, -0.2) is 0 Å². The van der Waals surface area contributed by atoms with Crippen LogP contribution in [0.25, 0.3) is 5.30 Å². The maximum atomic E-state index is 12.1. The van der Waals surface area contributed by atoms with Gasteiger partial charge >= 0.3 is 0 Å². The van der Waals surface area contributed by atoms with Crippen LogP contribution in [0.4, 0.5) is 0 Å². The Morgan fingerprint density at radius 3 is 1.52 bits per heavy atom. The van der Waals surface area contributed by atoms with E-state index in [4.69, 9.17) is 0 Å². The summed E-state index contributed by atoms with van der Waals surface area (Å²) in [5.74, 6) is 4.75. The number of aryl methyl sites for hydroxylation is 1. The lowest BCUT2D eigenvalue weighted by molar-refractivity contribution is 0.101. The molecule has 27 heavy (non-hydrogen) atoms. The lowest BCUT2D eigenvalue weighted by Gasteiger charge is -2.33. The molecule has 2 heteroatoms. The quantitative estimate of drug-likeness (QED) is 0.478. The predicted octanol–water partition coefficient (Wildman–Crippen LogP) is 8.07. The number of hydrogen-bond donors (Lipinski definition) is 0. The van der Waals surface area contributed by atoms with Crippen LogP contribution in [-0.2, 0) is 16.2 Å². The molecule has 1 unspecified atom stereocenters. The van der Waals surface area contributed by atoms with E-state index in [0.717, 1.165) is 11.1 Å². The molecule has 0 bridgehead atoms. The van der Waals surface area contributed by atoms with Gasteiger partial charge in [0.05, 0.1) is 0 Å². The summed E-state index contributed by atoms with van der Waals surface area (Å²) in [7, 11) is -0.615. The molecule has 0 aliphatic carbocycles. The molecule has 0 N–H and O–H groups in total. The first kappa shape index (κ1) is 22.0. The van der Waals surface area contributed by atoms with Gasteiger partial charge < -0.3 is 0 Å². The Hall–Kier alpha value is -1.33. The maximum absolute atomic E-state index is 12.1. The Kier molecular flexibility index (Phi) is 5.63. The number of carbonyl (C=O) groups excluding carboxylic acids is 1. The normalized spacial score (nSPS) is 13.8. The first-order chi connectivity index (χ1) is 12.0. The molecule has 148 valence electrons. The van der Waals surface area contributed by atoms with Gasteiger partial charge in [0.25, 0.3) is 0 Å². The minimum Gasteiger partial charge on any atom is -0.294 e. The standard InChI is InChI=1S/C25H37OP/c1-16-14-27(15-19(16)17(2)26)22-20(24(6,7)8)12-18(23(3,4)5)13-21(22)25(9,10)11/h12-15H,1-11H3. The molecule has 0 aliphatic heterocycles. The van der Waals surface area contributed by atoms with E-state index >= 15 is 0 Å². The minimum atomic E-state index is -0.615. The summed E-state index contributed by atoms with van der Waals surface area (Å²) in [6, 6.07) is 4.85. The van der Waals surface area contributed by atoms with Crippen molar-refractivity contribution in [1.29, 1.82) is 0 Å². The fourth-order valence-corrected chi connectivity index (χ4v) is 6.45. The first-order valence-corrected chi connectivity index (χ1v) is 11.4. The molecule has 1 aromatic heterocycles. The SMILES string of the molecule is CC(=O)c1cp(-c2c(C(C)(C)C)cc(C(C)(C)C)cc2C(C)(C)C)cc1C. The van der Waals surface area contributed by atoms with Crippen LogP contribution in [0.15, 0.2) is 23.7 Å². The Labute approximate surface area is 167 Å². The van der Waals surface area contributed by atoms with Crippen molar-refractivity contribution in [3.05, 3.63) is 51.5 Å². The van der Waals surface area contributed by atoms with Gasteiger partial charge in [0.2, 0.25) is 0 Å². The van der Waals surface area contributed by atoms with Crippen molar-refractivity contribution in [1.82, 2.24) is 0 Å². The average molecular weight is 385 g/mol. The molecule has 2 aromatic rings. The third-order valence-corrected chi connectivity index (χ3v) is 7.46. The molecule has 0 fully saturated rings. The van der Waals surface area contributed by atoms with Gasteiger partial charge in [-0.15, -0.1) is 0 Å². The molecule has 0 saturated carbocycles. The molecule has 1 heterocycles. The zero-order valence-electron chi connectivity index (χ0n) is 19.2. The summed E-state index contributed by atoms with van der Waals surface area (Å²) in [5.41, 5.74) is 6.49. The number of carbonyl (C=O) groups is 1. The molecule has 0 aliphatic rings. The van der Waals surface area contributed by atoms with Gasteiger partial charge in [-0.2, -0.15) is 0 Å². The van der Waals surface area contributed by atoms with Gasteiger partial charge in [-0.05, 0) is 63.9 Å². The van der Waals surface area contributed by atoms with E-state index in [-0.39, 0.29) is 22.0 Å². The second-order valence-corrected chi connectivity index (χ2v) is 12.8. The number of rotatable bonds is 2. The summed E-state index contributed by atoms with van der Waals surface area (Å²) < 4.78 is 0. The third-order valence-electron chi connectivity index (χ3n) is 5.26. The predicted molar refractivity (Wildman–Crippen MR) is 121 cm³/mol. The largest absolute Gasteiger partial charge is 0.294 e. The summed E-state index contributed by atoms with van der Waals surface area (Å²) in [6.07, 6.45) is 0. The van der Waals surface area contributed by atoms with Gasteiger partial charge in [0.15, 0.2) is 5.78 Å². The van der Waals surface area contributed by atoms with E-state index in [0.29, 0.717) is 0 Å². The van der Waals surface area contributed by atoms with Gasteiger partial charge in [-0.1, -0.05) is 82.0 Å². The van der Waals surface area contributed by atoms with Crippen LogP contribution in [0, 0.1) is 6.92 Å². The molecule has 0 radical (unpaired) electrons. The lowest BCUT2D eigenvalue weighted by Crippen LogP contribution is -2.22. The van der Waals surface area contributed by atoms with Gasteiger partial charge in [0.1, 0.15) is 0 Å². The van der Waals surface area contributed by atoms with Crippen LogP contribution in [0.2, 0.25) is 0 Å². The van der Waals surface area contributed by atoms with E-state index in [9.17, 15) is 4.79 Å². The minimum absolute atomic E-state index is 0.0491. The van der Waals surface area contributed by atoms with Crippen LogP contribution in [0.3, 0.4) is 0 Å². The van der Waals surface area contributed by atoms with Gasteiger partial charge in [0, 0.05) is 10.9 Å². The highest BCUT2D eigenvalue weighted by molar-refractivity contribution is 7.56. The van der Waals surface area contributed by atoms with Crippen LogP contribution in [0.5, 0.6) is 0 Å². The van der Waals surface area contributed by atoms with E-state index in [2.05, 4.69) is 93.0 Å². The van der Waals surface area contributed by atoms with E-state index in [1.165, 1.54) is 22.0 Å². The van der Waals surface area contributed by atoms with Crippen LogP contribution >= 0.6 is 7.53 Å². The summed E-state index contributed by atoms with van der Waals surface area (Å²) in [4.78, 5) is 12.1. The van der Waals surface area contributed by atoms with E-state index in [1.54, 1.807) is 6.92 Å². The molecule has 0 amide bonds. The highest BCUT2D eigenvalue weighted by Crippen LogP contribution is 2.53. The third kappa shape index (κ3) is 4.57. The zero-order chi connectivity index (χ0) is 20.9. The highest BCUT2D eigenvalue weighted by atomic mass is 31.1. The molecule has 1 atom stereocenters. The molecule has 1 aromatic carbocycles. The van der Waals surface area contributed by atoms with Crippen LogP contribution < -0.4 is 0 Å². The topological polar surface area (TPSA) is 17.1 Å². The zero-order valence-corrected chi connectivity index (χ0v) is 20.1. The van der Waals surface area contributed by atoms with Crippen molar-refractivity contribution in [2.45, 2.75) is 92.4 Å². The Bertz CT molecular complexity index is 826. The van der Waals surface area contributed by atoms with Crippen molar-refractivity contribution in [2.24, 2.45) is 0 Å². The van der Waals surface area contributed by atoms with Crippen molar-refractivity contribution >= 4 is 13.3 Å². The monoisotopic (exact) mass is 384 g/mol. The molecule has 1 nitrogen and oxygen atoms in total. The Morgan fingerprint density at radius 2 is 1.22 bits per heavy atom. The molecule has 2 rings (SSSR count). The maximum Gasteiger partial charge on any atom is 0.160 e. The summed E-state index contributed by atoms with van der Waals surface area (Å²) >= 11 is 0. The summed E-state index contributed by atoms with van der Waals surface area (Å²) in [5, 5.41) is 1.45. The number of hydrogen-bond acceptors (Lipinski definition) is 1. The lowest BCUT2D eigenvalue weighted by atomic mass is 9.75. The molecular weight excluding hydrogens is 347 g/mol. The Balaban J connectivity index is 2.98.